The first kappa shape index (κ1) is 10.0. The van der Waals surface area contributed by atoms with Crippen molar-refractivity contribution in [1.82, 2.24) is 4.90 Å². The maximum absolute atomic E-state index is 2.62. The van der Waals surface area contributed by atoms with Crippen molar-refractivity contribution in [3.8, 4) is 0 Å². The van der Waals surface area contributed by atoms with Gasteiger partial charge in [-0.05, 0) is 46.1 Å². The molecule has 1 aliphatic heterocycles. The van der Waals surface area contributed by atoms with Crippen LogP contribution in [0.5, 0.6) is 0 Å². The van der Waals surface area contributed by atoms with Gasteiger partial charge in [-0.2, -0.15) is 0 Å². The number of hydrogen-bond donors (Lipinski definition) is 0. The van der Waals surface area contributed by atoms with Crippen molar-refractivity contribution in [2.45, 2.75) is 59.5 Å². The second-order valence-electron chi connectivity index (χ2n) is 5.78. The summed E-state index contributed by atoms with van der Waals surface area (Å²) in [5.41, 5.74) is 0.848. The Kier molecular flexibility index (Phi) is 2.28. The molecule has 1 rings (SSSR count). The maximum Gasteiger partial charge on any atom is 0.0128 e. The molecule has 0 saturated carbocycles. The summed E-state index contributed by atoms with van der Waals surface area (Å²) in [5.74, 6) is 0. The SMILES string of the molecule is C[C@H]1N(C(C)(C)C)CCC1(C)C. The van der Waals surface area contributed by atoms with Gasteiger partial charge in [-0.25, -0.2) is 0 Å². The van der Waals surface area contributed by atoms with Crippen LogP contribution >= 0.6 is 0 Å². The lowest BCUT2D eigenvalue weighted by atomic mass is 9.85. The Balaban J connectivity index is 2.74. The predicted molar refractivity (Wildman–Crippen MR) is 54.3 cm³/mol. The van der Waals surface area contributed by atoms with Crippen LogP contribution in [0.2, 0.25) is 0 Å². The number of hydrogen-bond acceptors (Lipinski definition) is 1. The van der Waals surface area contributed by atoms with Crippen molar-refractivity contribution in [2.24, 2.45) is 5.41 Å². The molecule has 0 spiro atoms. The summed E-state index contributed by atoms with van der Waals surface area (Å²) in [6, 6.07) is 0.720. The van der Waals surface area contributed by atoms with E-state index in [9.17, 15) is 0 Å². The van der Waals surface area contributed by atoms with E-state index in [2.05, 4.69) is 46.4 Å². The molecule has 1 nitrogen and oxygen atoms in total. The highest BCUT2D eigenvalue weighted by molar-refractivity contribution is 4.95. The molecule has 1 heterocycles. The molecule has 72 valence electrons. The molecule has 12 heavy (non-hydrogen) atoms. The standard InChI is InChI=1S/C11H23N/c1-9-11(5,6)7-8-12(9)10(2,3)4/h9H,7-8H2,1-6H3/t9-/m1/s1. The zero-order chi connectivity index (χ0) is 9.57. The third kappa shape index (κ3) is 1.66. The summed E-state index contributed by atoms with van der Waals surface area (Å²) in [4.78, 5) is 2.62. The third-order valence-electron chi connectivity index (χ3n) is 3.46. The first-order valence-corrected chi connectivity index (χ1v) is 5.02. The molecule has 0 amide bonds. The molecule has 0 unspecified atom stereocenters. The van der Waals surface area contributed by atoms with Crippen LogP contribution in [0.1, 0.15) is 48.0 Å². The van der Waals surface area contributed by atoms with Gasteiger partial charge in [0.25, 0.3) is 0 Å². The molecule has 1 fully saturated rings. The summed E-state index contributed by atoms with van der Waals surface area (Å²) in [6.07, 6.45) is 1.34. The van der Waals surface area contributed by atoms with Gasteiger partial charge in [-0.1, -0.05) is 13.8 Å². The summed E-state index contributed by atoms with van der Waals surface area (Å²) >= 11 is 0. The normalized spacial score (nSPS) is 31.0. The molecule has 0 bridgehead atoms. The fourth-order valence-corrected chi connectivity index (χ4v) is 2.15. The van der Waals surface area contributed by atoms with Crippen LogP contribution in [-0.2, 0) is 0 Å². The smallest absolute Gasteiger partial charge is 0.0128 e. The minimum atomic E-state index is 0.340. The fraction of sp³-hybridized carbons (Fsp3) is 1.00. The molecule has 0 aromatic rings. The molecule has 0 aromatic heterocycles. The van der Waals surface area contributed by atoms with Crippen LogP contribution in [-0.4, -0.2) is 23.0 Å². The van der Waals surface area contributed by atoms with E-state index >= 15 is 0 Å². The molecular formula is C11H23N. The number of likely N-dealkylation sites (tertiary alicyclic amines) is 1. The van der Waals surface area contributed by atoms with E-state index in [1.165, 1.54) is 13.0 Å². The van der Waals surface area contributed by atoms with E-state index in [1.54, 1.807) is 0 Å². The van der Waals surface area contributed by atoms with Gasteiger partial charge in [0.1, 0.15) is 0 Å². The first-order valence-electron chi connectivity index (χ1n) is 5.02. The van der Waals surface area contributed by atoms with Crippen LogP contribution in [0.25, 0.3) is 0 Å². The van der Waals surface area contributed by atoms with Crippen molar-refractivity contribution < 1.29 is 0 Å². The quantitative estimate of drug-likeness (QED) is 0.539. The molecule has 1 saturated heterocycles. The van der Waals surface area contributed by atoms with E-state index in [0.29, 0.717) is 11.0 Å². The first-order chi connectivity index (χ1) is 5.25. The van der Waals surface area contributed by atoms with E-state index in [1.807, 2.05) is 0 Å². The molecule has 1 atom stereocenters. The summed E-state index contributed by atoms with van der Waals surface area (Å²) in [5, 5.41) is 0. The number of rotatable bonds is 0. The van der Waals surface area contributed by atoms with Crippen molar-refractivity contribution in [3.05, 3.63) is 0 Å². The minimum Gasteiger partial charge on any atom is -0.295 e. The van der Waals surface area contributed by atoms with Crippen molar-refractivity contribution in [1.29, 1.82) is 0 Å². The molecular weight excluding hydrogens is 146 g/mol. The molecule has 1 aliphatic rings. The van der Waals surface area contributed by atoms with Gasteiger partial charge in [0.05, 0.1) is 0 Å². The van der Waals surface area contributed by atoms with Crippen LogP contribution < -0.4 is 0 Å². The average Bonchev–Trinajstić information content (AvgIpc) is 2.06. The van der Waals surface area contributed by atoms with Gasteiger partial charge in [0.15, 0.2) is 0 Å². The Morgan fingerprint density at radius 3 is 1.92 bits per heavy atom. The van der Waals surface area contributed by atoms with Gasteiger partial charge in [0, 0.05) is 11.6 Å². The zero-order valence-electron chi connectivity index (χ0n) is 9.44. The summed E-state index contributed by atoms with van der Waals surface area (Å²) in [6.45, 7) is 15.3. The Morgan fingerprint density at radius 1 is 1.25 bits per heavy atom. The summed E-state index contributed by atoms with van der Waals surface area (Å²) < 4.78 is 0. The topological polar surface area (TPSA) is 3.24 Å². The van der Waals surface area contributed by atoms with E-state index in [-0.39, 0.29) is 0 Å². The Labute approximate surface area is 77.1 Å². The lowest BCUT2D eigenvalue weighted by molar-refractivity contribution is 0.0978. The van der Waals surface area contributed by atoms with Gasteiger partial charge >= 0.3 is 0 Å². The van der Waals surface area contributed by atoms with E-state index in [4.69, 9.17) is 0 Å². The zero-order valence-corrected chi connectivity index (χ0v) is 9.44. The highest BCUT2D eigenvalue weighted by atomic mass is 15.2. The molecule has 0 aliphatic carbocycles. The van der Waals surface area contributed by atoms with Crippen LogP contribution in [0.4, 0.5) is 0 Å². The van der Waals surface area contributed by atoms with Gasteiger partial charge in [-0.3, -0.25) is 4.90 Å². The highest BCUT2D eigenvalue weighted by Crippen LogP contribution is 2.39. The second-order valence-corrected chi connectivity index (χ2v) is 5.78. The lowest BCUT2D eigenvalue weighted by Crippen LogP contribution is -2.46. The Bertz CT molecular complexity index is 164. The van der Waals surface area contributed by atoms with Gasteiger partial charge < -0.3 is 0 Å². The summed E-state index contributed by atoms with van der Waals surface area (Å²) in [7, 11) is 0. The van der Waals surface area contributed by atoms with E-state index < -0.39 is 0 Å². The van der Waals surface area contributed by atoms with Gasteiger partial charge in [0.2, 0.25) is 0 Å². The number of nitrogens with zero attached hydrogens (tertiary/aromatic N) is 1. The average molecular weight is 169 g/mol. The van der Waals surface area contributed by atoms with Crippen LogP contribution in [0.15, 0.2) is 0 Å². The van der Waals surface area contributed by atoms with Crippen molar-refractivity contribution in [2.75, 3.05) is 6.54 Å². The van der Waals surface area contributed by atoms with E-state index in [0.717, 1.165) is 6.04 Å². The maximum atomic E-state index is 2.62. The fourth-order valence-electron chi connectivity index (χ4n) is 2.15. The minimum absolute atomic E-state index is 0.340. The largest absolute Gasteiger partial charge is 0.295 e. The molecule has 0 N–H and O–H groups in total. The Morgan fingerprint density at radius 2 is 1.75 bits per heavy atom. The Hall–Kier alpha value is -0.0400. The predicted octanol–water partition coefficient (Wildman–Crippen LogP) is 2.91. The third-order valence-corrected chi connectivity index (χ3v) is 3.46. The monoisotopic (exact) mass is 169 g/mol. The molecule has 0 radical (unpaired) electrons. The van der Waals surface area contributed by atoms with Crippen molar-refractivity contribution in [3.63, 3.8) is 0 Å². The molecule has 1 heteroatoms. The highest BCUT2D eigenvalue weighted by Gasteiger charge is 2.41. The van der Waals surface area contributed by atoms with Crippen LogP contribution in [0, 0.1) is 5.41 Å². The second kappa shape index (κ2) is 2.73. The molecule has 0 aromatic carbocycles. The van der Waals surface area contributed by atoms with Crippen molar-refractivity contribution >= 4 is 0 Å². The van der Waals surface area contributed by atoms with Gasteiger partial charge in [-0.15, -0.1) is 0 Å². The van der Waals surface area contributed by atoms with Crippen LogP contribution in [0.3, 0.4) is 0 Å². The lowest BCUT2D eigenvalue weighted by Gasteiger charge is -2.38.